The van der Waals surface area contributed by atoms with Crippen LogP contribution in [0.15, 0.2) is 64.6 Å². The quantitative estimate of drug-likeness (QED) is 0.534. The maximum Gasteiger partial charge on any atom is 0.335 e. The summed E-state index contributed by atoms with van der Waals surface area (Å²) < 4.78 is 7.27. The van der Waals surface area contributed by atoms with Crippen molar-refractivity contribution in [1.29, 1.82) is 0 Å². The lowest BCUT2D eigenvalue weighted by atomic mass is 10.1. The van der Waals surface area contributed by atoms with Crippen LogP contribution in [0.1, 0.15) is 15.9 Å². The summed E-state index contributed by atoms with van der Waals surface area (Å²) in [6.07, 6.45) is 3.74. The molecule has 2 aromatic carbocycles. The molecule has 2 amide bonds. The van der Waals surface area contributed by atoms with Gasteiger partial charge in [-0.2, -0.15) is 0 Å². The molecule has 9 nitrogen and oxygen atoms in total. The number of carbonyl (C=O) groups is 3. The van der Waals surface area contributed by atoms with Gasteiger partial charge in [0.2, 0.25) is 5.91 Å². The van der Waals surface area contributed by atoms with Crippen LogP contribution < -0.4 is 0 Å². The van der Waals surface area contributed by atoms with E-state index in [0.717, 1.165) is 16.5 Å². The molecular weight excluding hydrogens is 480 g/mol. The number of carboxylic acids is 1. The molecule has 2 fully saturated rings. The average molecular weight is 505 g/mol. The molecule has 1 N–H and O–H groups in total. The number of amides is 2. The lowest BCUT2D eigenvalue weighted by Gasteiger charge is -2.27. The van der Waals surface area contributed by atoms with Crippen molar-refractivity contribution in [2.24, 2.45) is 4.99 Å². The van der Waals surface area contributed by atoms with Gasteiger partial charge in [-0.3, -0.25) is 14.5 Å². The Bertz CT molecular complexity index is 1400. The summed E-state index contributed by atoms with van der Waals surface area (Å²) in [6.45, 7) is 2.50. The predicted octanol–water partition coefficient (Wildman–Crippen LogP) is 3.43. The minimum Gasteiger partial charge on any atom is -0.478 e. The van der Waals surface area contributed by atoms with Crippen LogP contribution >= 0.6 is 11.8 Å². The van der Waals surface area contributed by atoms with Crippen LogP contribution in [0.2, 0.25) is 0 Å². The van der Waals surface area contributed by atoms with Gasteiger partial charge < -0.3 is 19.3 Å². The Balaban J connectivity index is 1.42. The number of hydrogen-bond acceptors (Lipinski definition) is 6. The van der Waals surface area contributed by atoms with E-state index in [1.807, 2.05) is 46.0 Å². The number of carboxylic acid groups (broad SMARTS) is 1. The molecule has 2 aliphatic rings. The molecule has 1 aromatic heterocycles. The number of carbonyl (C=O) groups excluding carboxylic acids is 2. The molecule has 2 aliphatic heterocycles. The zero-order chi connectivity index (χ0) is 25.2. The molecule has 0 unspecified atom stereocenters. The second-order valence-corrected chi connectivity index (χ2v) is 9.45. The van der Waals surface area contributed by atoms with Crippen LogP contribution in [0.4, 0.5) is 5.69 Å². The van der Waals surface area contributed by atoms with Gasteiger partial charge >= 0.3 is 5.97 Å². The van der Waals surface area contributed by atoms with Crippen molar-refractivity contribution in [3.05, 3.63) is 70.8 Å². The van der Waals surface area contributed by atoms with Crippen molar-refractivity contribution in [3.8, 4) is 0 Å². The minimum absolute atomic E-state index is 0.0349. The number of para-hydroxylation sites is 1. The molecular formula is C26H24N4O5S. The summed E-state index contributed by atoms with van der Waals surface area (Å²) in [6, 6.07) is 14.0. The van der Waals surface area contributed by atoms with Crippen LogP contribution in [0.25, 0.3) is 17.0 Å². The van der Waals surface area contributed by atoms with Crippen molar-refractivity contribution < 1.29 is 24.2 Å². The first-order valence-corrected chi connectivity index (χ1v) is 12.3. The Morgan fingerprint density at radius 3 is 2.56 bits per heavy atom. The van der Waals surface area contributed by atoms with E-state index in [-0.39, 0.29) is 23.9 Å². The highest BCUT2D eigenvalue weighted by molar-refractivity contribution is 8.18. The van der Waals surface area contributed by atoms with E-state index in [9.17, 15) is 14.4 Å². The topological polar surface area (TPSA) is 104 Å². The fourth-order valence-electron chi connectivity index (χ4n) is 4.16. The Labute approximate surface area is 211 Å². The van der Waals surface area contributed by atoms with Gasteiger partial charge in [0.1, 0.15) is 6.54 Å². The number of nitrogens with zero attached hydrogens (tertiary/aromatic N) is 4. The number of aromatic nitrogens is 1. The van der Waals surface area contributed by atoms with Crippen LogP contribution in [0.5, 0.6) is 0 Å². The van der Waals surface area contributed by atoms with Gasteiger partial charge in [-0.1, -0.05) is 18.2 Å². The number of amidine groups is 1. The first-order chi connectivity index (χ1) is 17.4. The highest BCUT2D eigenvalue weighted by Gasteiger charge is 2.31. The summed E-state index contributed by atoms with van der Waals surface area (Å²) >= 11 is 1.25. The molecule has 184 valence electrons. The average Bonchev–Trinajstić information content (AvgIpc) is 3.37. The van der Waals surface area contributed by atoms with E-state index in [0.29, 0.717) is 42.1 Å². The Morgan fingerprint density at radius 2 is 1.83 bits per heavy atom. The number of morpholine rings is 1. The summed E-state index contributed by atoms with van der Waals surface area (Å²) in [5, 5.41) is 10.5. The number of thioether (sulfide) groups is 1. The molecule has 0 atom stereocenters. The summed E-state index contributed by atoms with van der Waals surface area (Å²) in [5.41, 5.74) is 2.49. The van der Waals surface area contributed by atoms with E-state index in [1.165, 1.54) is 28.8 Å². The molecule has 0 spiro atoms. The Hall–Kier alpha value is -3.89. The molecule has 0 bridgehead atoms. The number of aromatic carboxylic acids is 1. The number of likely N-dealkylation sites (N-methyl/N-ethyl adjacent to an activating group) is 1. The molecule has 10 heteroatoms. The monoisotopic (exact) mass is 504 g/mol. The maximum absolute atomic E-state index is 13.0. The molecule has 3 heterocycles. The molecule has 0 aliphatic carbocycles. The van der Waals surface area contributed by atoms with E-state index >= 15 is 0 Å². The van der Waals surface area contributed by atoms with Crippen LogP contribution in [-0.2, 0) is 20.9 Å². The molecule has 36 heavy (non-hydrogen) atoms. The number of ether oxygens (including phenoxy) is 1. The SMILES string of the molecule is CN1C(=O)/C(=C/c2cn(CC(=O)N3CCOCC3)c3ccccc23)SC1=Nc1ccc(C(=O)O)cc1. The highest BCUT2D eigenvalue weighted by Crippen LogP contribution is 2.35. The normalized spacial score (nSPS) is 18.5. The van der Waals surface area contributed by atoms with Gasteiger partial charge in [0, 0.05) is 42.8 Å². The van der Waals surface area contributed by atoms with Gasteiger partial charge in [0.05, 0.1) is 29.4 Å². The number of aliphatic imine (C=N–C) groups is 1. The lowest BCUT2D eigenvalue weighted by molar-refractivity contribution is -0.135. The zero-order valence-electron chi connectivity index (χ0n) is 19.6. The van der Waals surface area contributed by atoms with Crippen molar-refractivity contribution >= 4 is 57.4 Å². The number of fused-ring (bicyclic) bond motifs is 1. The number of hydrogen-bond donors (Lipinski definition) is 1. The second-order valence-electron chi connectivity index (χ2n) is 8.44. The Kier molecular flexibility index (Phi) is 6.62. The van der Waals surface area contributed by atoms with Gasteiger partial charge in [-0.15, -0.1) is 0 Å². The largest absolute Gasteiger partial charge is 0.478 e. The molecule has 5 rings (SSSR count). The van der Waals surface area contributed by atoms with Crippen molar-refractivity contribution in [1.82, 2.24) is 14.4 Å². The van der Waals surface area contributed by atoms with Crippen LogP contribution in [0.3, 0.4) is 0 Å². The van der Waals surface area contributed by atoms with Gasteiger partial charge in [-0.25, -0.2) is 9.79 Å². The van der Waals surface area contributed by atoms with Crippen molar-refractivity contribution in [2.45, 2.75) is 6.54 Å². The summed E-state index contributed by atoms with van der Waals surface area (Å²) in [4.78, 5) is 45.2. The molecule has 0 saturated carbocycles. The van der Waals surface area contributed by atoms with E-state index in [4.69, 9.17) is 9.84 Å². The third-order valence-corrected chi connectivity index (χ3v) is 7.18. The maximum atomic E-state index is 13.0. The third kappa shape index (κ3) is 4.77. The van der Waals surface area contributed by atoms with Gasteiger partial charge in [-0.05, 0) is 48.2 Å². The second kappa shape index (κ2) is 10.00. The molecule has 2 saturated heterocycles. The van der Waals surface area contributed by atoms with Crippen molar-refractivity contribution in [2.75, 3.05) is 33.4 Å². The summed E-state index contributed by atoms with van der Waals surface area (Å²) in [7, 11) is 1.66. The van der Waals surface area contributed by atoms with E-state index in [1.54, 1.807) is 19.2 Å². The van der Waals surface area contributed by atoms with E-state index < -0.39 is 5.97 Å². The van der Waals surface area contributed by atoms with Crippen LogP contribution in [-0.4, -0.2) is 75.8 Å². The first kappa shape index (κ1) is 23.8. The van der Waals surface area contributed by atoms with E-state index in [2.05, 4.69) is 4.99 Å². The molecule has 3 aromatic rings. The highest BCUT2D eigenvalue weighted by atomic mass is 32.2. The fraction of sp³-hybridized carbons (Fsp3) is 0.231. The van der Waals surface area contributed by atoms with Gasteiger partial charge in [0.25, 0.3) is 5.91 Å². The number of benzene rings is 2. The lowest BCUT2D eigenvalue weighted by Crippen LogP contribution is -2.42. The van der Waals surface area contributed by atoms with Crippen molar-refractivity contribution in [3.63, 3.8) is 0 Å². The fourth-order valence-corrected chi connectivity index (χ4v) is 5.14. The minimum atomic E-state index is -1.01. The van der Waals surface area contributed by atoms with Crippen LogP contribution in [0, 0.1) is 0 Å². The Morgan fingerprint density at radius 1 is 1.11 bits per heavy atom. The standard InChI is InChI=1S/C26H24N4O5S/c1-28-24(32)22(36-26(28)27-19-8-6-17(7-9-19)25(33)34)14-18-15-30(21-5-3-2-4-20(18)21)16-23(31)29-10-12-35-13-11-29/h2-9,14-15H,10-13,16H2,1H3,(H,33,34)/b22-14-,27-26?. The number of rotatable bonds is 5. The summed E-state index contributed by atoms with van der Waals surface area (Å²) in [5.74, 6) is -1.15. The zero-order valence-corrected chi connectivity index (χ0v) is 20.4. The predicted molar refractivity (Wildman–Crippen MR) is 138 cm³/mol. The molecule has 0 radical (unpaired) electrons. The smallest absolute Gasteiger partial charge is 0.335 e. The third-order valence-electron chi connectivity index (χ3n) is 6.12. The first-order valence-electron chi connectivity index (χ1n) is 11.4. The van der Waals surface area contributed by atoms with Gasteiger partial charge in [0.15, 0.2) is 5.17 Å².